The largest absolute Gasteiger partial charge is 0.480 e. The molecule has 0 bridgehead atoms. The first-order chi connectivity index (χ1) is 9.20. The van der Waals surface area contributed by atoms with Crippen molar-refractivity contribution in [2.24, 2.45) is 0 Å². The smallest absolute Gasteiger partial charge is 0.411 e. The number of aliphatic carboxylic acids is 1. The number of carbonyl (C=O) groups is 3. The third-order valence-corrected chi connectivity index (χ3v) is 1.64. The van der Waals surface area contributed by atoms with Crippen molar-refractivity contribution in [3.63, 3.8) is 0 Å². The zero-order valence-corrected chi connectivity index (χ0v) is 10.2. The predicted octanol–water partition coefficient (Wildman–Crippen LogP) is -0.935. The summed E-state index contributed by atoms with van der Waals surface area (Å²) in [6, 6.07) is -0.786. The van der Waals surface area contributed by atoms with Crippen LogP contribution in [0.4, 0.5) is 18.0 Å². The molecular weight excluding hydrogens is 287 g/mol. The van der Waals surface area contributed by atoms with Gasteiger partial charge < -0.3 is 25.8 Å². The molecule has 0 atom stereocenters. The first-order valence-corrected chi connectivity index (χ1v) is 5.35. The van der Waals surface area contributed by atoms with Crippen molar-refractivity contribution in [1.29, 1.82) is 0 Å². The van der Waals surface area contributed by atoms with Gasteiger partial charge in [0.2, 0.25) is 5.91 Å². The Kier molecular flexibility index (Phi) is 8.04. The quantitative estimate of drug-likeness (QED) is 0.432. The molecule has 0 saturated heterocycles. The van der Waals surface area contributed by atoms with Gasteiger partial charge >= 0.3 is 18.2 Å². The molecule has 0 spiro atoms. The molecule has 20 heavy (non-hydrogen) atoms. The van der Waals surface area contributed by atoms with Crippen molar-refractivity contribution in [2.75, 3.05) is 32.8 Å². The molecule has 11 heteroatoms. The van der Waals surface area contributed by atoms with Crippen molar-refractivity contribution < 1.29 is 37.4 Å². The second-order valence-corrected chi connectivity index (χ2v) is 3.45. The Morgan fingerprint density at radius 2 is 1.70 bits per heavy atom. The number of carboxylic acids is 1. The molecule has 0 aromatic carbocycles. The molecule has 116 valence electrons. The first-order valence-electron chi connectivity index (χ1n) is 5.35. The Hall–Kier alpha value is -2.04. The second kappa shape index (κ2) is 8.96. The number of carboxylic acid groups (broad SMARTS) is 1. The predicted molar refractivity (Wildman–Crippen MR) is 58.9 cm³/mol. The van der Waals surface area contributed by atoms with Crippen molar-refractivity contribution in [2.45, 2.75) is 6.18 Å². The summed E-state index contributed by atoms with van der Waals surface area (Å²) >= 11 is 0. The molecule has 0 radical (unpaired) electrons. The van der Waals surface area contributed by atoms with Crippen molar-refractivity contribution in [1.82, 2.24) is 16.0 Å². The topological polar surface area (TPSA) is 117 Å². The Labute approximate surface area is 111 Å². The number of carbonyl (C=O) groups excluding carboxylic acids is 2. The SMILES string of the molecule is O=C(O)CNC(=O)CNC(=O)NCCOCC(F)(F)F. The number of hydrogen-bond donors (Lipinski definition) is 4. The van der Waals surface area contributed by atoms with E-state index in [2.05, 4.69) is 15.4 Å². The molecule has 0 fully saturated rings. The Bertz CT molecular complexity index is 348. The van der Waals surface area contributed by atoms with Crippen LogP contribution in [-0.2, 0) is 14.3 Å². The summed E-state index contributed by atoms with van der Waals surface area (Å²) in [5, 5.41) is 14.5. The van der Waals surface area contributed by atoms with Gasteiger partial charge in [0.1, 0.15) is 13.2 Å². The molecule has 3 amide bonds. The highest BCUT2D eigenvalue weighted by Crippen LogP contribution is 2.13. The van der Waals surface area contributed by atoms with Crippen LogP contribution in [0.25, 0.3) is 0 Å². The summed E-state index contributed by atoms with van der Waals surface area (Å²) in [4.78, 5) is 32.1. The molecule has 0 aliphatic carbocycles. The molecule has 0 aromatic heterocycles. The minimum Gasteiger partial charge on any atom is -0.480 e. The minimum absolute atomic E-state index is 0.168. The number of alkyl halides is 3. The average molecular weight is 301 g/mol. The Morgan fingerprint density at radius 3 is 2.25 bits per heavy atom. The summed E-state index contributed by atoms with van der Waals surface area (Å²) in [5.41, 5.74) is 0. The number of urea groups is 1. The van der Waals surface area contributed by atoms with E-state index >= 15 is 0 Å². The maximum atomic E-state index is 11.7. The third kappa shape index (κ3) is 12.4. The van der Waals surface area contributed by atoms with Gasteiger partial charge in [-0.15, -0.1) is 0 Å². The van der Waals surface area contributed by atoms with Gasteiger partial charge in [-0.2, -0.15) is 13.2 Å². The lowest BCUT2D eigenvalue weighted by molar-refractivity contribution is -0.173. The molecule has 0 saturated carbocycles. The number of hydrogen-bond acceptors (Lipinski definition) is 4. The Morgan fingerprint density at radius 1 is 1.05 bits per heavy atom. The average Bonchev–Trinajstić information content (AvgIpc) is 2.32. The maximum Gasteiger partial charge on any atom is 0.411 e. The number of nitrogens with one attached hydrogen (secondary N) is 3. The fourth-order valence-electron chi connectivity index (χ4n) is 0.884. The molecule has 0 unspecified atom stereocenters. The standard InChI is InChI=1S/C9H14F3N3O5/c10-9(11,12)5-20-2-1-13-8(19)15-3-6(16)14-4-7(17)18/h1-5H2,(H,14,16)(H,17,18)(H2,13,15,19). The monoisotopic (exact) mass is 301 g/mol. The first kappa shape index (κ1) is 18.0. The highest BCUT2D eigenvalue weighted by molar-refractivity contribution is 5.86. The number of rotatable bonds is 8. The summed E-state index contributed by atoms with van der Waals surface area (Å²) in [6.45, 7) is -2.94. The van der Waals surface area contributed by atoms with Gasteiger partial charge in [-0.3, -0.25) is 9.59 Å². The summed E-state index contributed by atoms with van der Waals surface area (Å²) < 4.78 is 39.2. The van der Waals surface area contributed by atoms with Crippen molar-refractivity contribution in [3.8, 4) is 0 Å². The molecule has 0 aromatic rings. The van der Waals surface area contributed by atoms with Gasteiger partial charge in [-0.25, -0.2) is 4.79 Å². The minimum atomic E-state index is -4.43. The molecule has 0 aliphatic heterocycles. The summed E-state index contributed by atoms with van der Waals surface area (Å²) in [7, 11) is 0. The lowest BCUT2D eigenvalue weighted by atomic mass is 10.5. The lowest BCUT2D eigenvalue weighted by Crippen LogP contribution is -2.43. The van der Waals surface area contributed by atoms with E-state index in [0.717, 1.165) is 0 Å². The number of halogens is 3. The fourth-order valence-corrected chi connectivity index (χ4v) is 0.884. The lowest BCUT2D eigenvalue weighted by Gasteiger charge is -2.09. The third-order valence-electron chi connectivity index (χ3n) is 1.64. The van der Waals surface area contributed by atoms with Crippen LogP contribution in [0, 0.1) is 0 Å². The van der Waals surface area contributed by atoms with E-state index < -0.39 is 43.8 Å². The van der Waals surface area contributed by atoms with Crippen LogP contribution in [0.2, 0.25) is 0 Å². The zero-order chi connectivity index (χ0) is 15.6. The van der Waals surface area contributed by atoms with Crippen LogP contribution < -0.4 is 16.0 Å². The normalized spacial score (nSPS) is 10.8. The van der Waals surface area contributed by atoms with E-state index in [9.17, 15) is 27.6 Å². The maximum absolute atomic E-state index is 11.7. The van der Waals surface area contributed by atoms with E-state index in [0.29, 0.717) is 0 Å². The van der Waals surface area contributed by atoms with Gasteiger partial charge in [0.25, 0.3) is 0 Å². The second-order valence-electron chi connectivity index (χ2n) is 3.45. The van der Waals surface area contributed by atoms with E-state index in [-0.39, 0.29) is 13.2 Å². The van der Waals surface area contributed by atoms with Gasteiger partial charge in [0.05, 0.1) is 13.2 Å². The van der Waals surface area contributed by atoms with Gasteiger partial charge in [0.15, 0.2) is 0 Å². The number of ether oxygens (including phenoxy) is 1. The van der Waals surface area contributed by atoms with Crippen LogP contribution in [0.1, 0.15) is 0 Å². The van der Waals surface area contributed by atoms with Crippen LogP contribution in [-0.4, -0.2) is 62.0 Å². The van der Waals surface area contributed by atoms with Crippen molar-refractivity contribution >= 4 is 17.9 Å². The molecule has 0 heterocycles. The molecular formula is C9H14F3N3O5. The van der Waals surface area contributed by atoms with E-state index in [4.69, 9.17) is 5.11 Å². The fraction of sp³-hybridized carbons (Fsp3) is 0.667. The van der Waals surface area contributed by atoms with E-state index in [1.54, 1.807) is 0 Å². The highest BCUT2D eigenvalue weighted by atomic mass is 19.4. The molecule has 0 rings (SSSR count). The zero-order valence-electron chi connectivity index (χ0n) is 10.2. The van der Waals surface area contributed by atoms with Gasteiger partial charge in [0, 0.05) is 6.54 Å². The van der Waals surface area contributed by atoms with Gasteiger partial charge in [-0.05, 0) is 0 Å². The summed E-state index contributed by atoms with van der Waals surface area (Å²) in [6.07, 6.45) is -4.43. The van der Waals surface area contributed by atoms with Crippen LogP contribution in [0.5, 0.6) is 0 Å². The van der Waals surface area contributed by atoms with Gasteiger partial charge in [-0.1, -0.05) is 0 Å². The molecule has 0 aliphatic rings. The van der Waals surface area contributed by atoms with Crippen LogP contribution in [0.3, 0.4) is 0 Å². The Balaban J connectivity index is 3.54. The number of amides is 3. The van der Waals surface area contributed by atoms with Crippen molar-refractivity contribution in [3.05, 3.63) is 0 Å². The molecule has 8 nitrogen and oxygen atoms in total. The van der Waals surface area contributed by atoms with E-state index in [1.807, 2.05) is 5.32 Å². The highest BCUT2D eigenvalue weighted by Gasteiger charge is 2.27. The van der Waals surface area contributed by atoms with Crippen LogP contribution >= 0.6 is 0 Å². The molecule has 4 N–H and O–H groups in total. The summed E-state index contributed by atoms with van der Waals surface area (Å²) in [5.74, 6) is -1.94. The van der Waals surface area contributed by atoms with E-state index in [1.165, 1.54) is 0 Å². The van der Waals surface area contributed by atoms with Crippen LogP contribution in [0.15, 0.2) is 0 Å².